The van der Waals surface area contributed by atoms with Gasteiger partial charge in [0, 0.05) is 4.90 Å². The molecule has 0 heterocycles. The Morgan fingerprint density at radius 3 is 2.90 bits per heavy atom. The van der Waals surface area contributed by atoms with Crippen molar-refractivity contribution < 1.29 is 4.74 Å². The number of thiol groups is 1. The molecular weight excluding hydrogens is 144 g/mol. The summed E-state index contributed by atoms with van der Waals surface area (Å²) in [6.07, 6.45) is 0. The summed E-state index contributed by atoms with van der Waals surface area (Å²) in [4.78, 5) is 0.936. The molecule has 0 atom stereocenters. The molecule has 1 nitrogen and oxygen atoms in total. The molecule has 0 saturated carbocycles. The zero-order chi connectivity index (χ0) is 7.40. The van der Waals surface area contributed by atoms with Gasteiger partial charge >= 0.3 is 0 Å². The van der Waals surface area contributed by atoms with Crippen molar-refractivity contribution in [1.29, 1.82) is 0 Å². The lowest BCUT2D eigenvalue weighted by atomic mass is 10.3. The van der Waals surface area contributed by atoms with Crippen molar-refractivity contribution in [3.05, 3.63) is 24.3 Å². The number of hydrogen-bond acceptors (Lipinski definition) is 2. The van der Waals surface area contributed by atoms with E-state index in [9.17, 15) is 0 Å². The highest BCUT2D eigenvalue weighted by Gasteiger charge is 1.89. The average Bonchev–Trinajstić information content (AvgIpc) is 1.88. The molecule has 0 aliphatic heterocycles. The Morgan fingerprint density at radius 2 is 2.30 bits per heavy atom. The summed E-state index contributed by atoms with van der Waals surface area (Å²) in [6.45, 7) is 2.67. The van der Waals surface area contributed by atoms with Crippen LogP contribution in [-0.2, 0) is 0 Å². The van der Waals surface area contributed by atoms with Gasteiger partial charge in [0.2, 0.25) is 0 Å². The summed E-state index contributed by atoms with van der Waals surface area (Å²) in [7, 11) is 0. The van der Waals surface area contributed by atoms with Gasteiger partial charge in [-0.15, -0.1) is 12.6 Å². The van der Waals surface area contributed by atoms with Crippen molar-refractivity contribution in [3.8, 4) is 5.75 Å². The molecule has 0 N–H and O–H groups in total. The molecule has 0 spiro atoms. The van der Waals surface area contributed by atoms with Crippen LogP contribution >= 0.6 is 12.6 Å². The topological polar surface area (TPSA) is 9.23 Å². The van der Waals surface area contributed by atoms with Gasteiger partial charge in [-0.25, -0.2) is 0 Å². The van der Waals surface area contributed by atoms with E-state index < -0.39 is 0 Å². The van der Waals surface area contributed by atoms with Gasteiger partial charge in [-0.05, 0) is 25.1 Å². The lowest BCUT2D eigenvalue weighted by Gasteiger charge is -2.01. The second-order valence-corrected chi connectivity index (χ2v) is 2.45. The molecule has 0 amide bonds. The highest BCUT2D eigenvalue weighted by molar-refractivity contribution is 7.80. The first-order valence-electron chi connectivity index (χ1n) is 3.24. The standard InChI is InChI=1S/C8H10OS/c1-2-9-7-4-3-5-8(10)6-7/h3-6,10H,2H2,1H3. The highest BCUT2D eigenvalue weighted by atomic mass is 32.1. The molecule has 0 aliphatic rings. The van der Waals surface area contributed by atoms with Crippen LogP contribution in [0, 0.1) is 0 Å². The number of ether oxygens (including phenoxy) is 1. The predicted molar refractivity (Wildman–Crippen MR) is 44.9 cm³/mol. The molecular formula is C8H10OS. The Morgan fingerprint density at radius 1 is 1.50 bits per heavy atom. The van der Waals surface area contributed by atoms with Gasteiger partial charge in [0.15, 0.2) is 0 Å². The third-order valence-corrected chi connectivity index (χ3v) is 1.41. The minimum absolute atomic E-state index is 0.706. The maximum atomic E-state index is 5.24. The van der Waals surface area contributed by atoms with Gasteiger partial charge in [0.25, 0.3) is 0 Å². The minimum atomic E-state index is 0.706. The van der Waals surface area contributed by atoms with Crippen molar-refractivity contribution in [2.24, 2.45) is 0 Å². The van der Waals surface area contributed by atoms with Crippen molar-refractivity contribution in [2.45, 2.75) is 11.8 Å². The summed E-state index contributed by atoms with van der Waals surface area (Å²) < 4.78 is 5.24. The average molecular weight is 154 g/mol. The van der Waals surface area contributed by atoms with E-state index in [4.69, 9.17) is 4.74 Å². The van der Waals surface area contributed by atoms with Crippen LogP contribution in [0.4, 0.5) is 0 Å². The maximum Gasteiger partial charge on any atom is 0.120 e. The van der Waals surface area contributed by atoms with E-state index in [0.717, 1.165) is 10.6 Å². The van der Waals surface area contributed by atoms with E-state index in [1.54, 1.807) is 0 Å². The lowest BCUT2D eigenvalue weighted by Crippen LogP contribution is -1.90. The van der Waals surface area contributed by atoms with Crippen molar-refractivity contribution in [1.82, 2.24) is 0 Å². The van der Waals surface area contributed by atoms with E-state index in [1.165, 1.54) is 0 Å². The van der Waals surface area contributed by atoms with Gasteiger partial charge in [-0.1, -0.05) is 6.07 Å². The molecule has 1 aromatic carbocycles. The van der Waals surface area contributed by atoms with Gasteiger partial charge in [0.1, 0.15) is 5.75 Å². The van der Waals surface area contributed by atoms with Crippen LogP contribution in [0.25, 0.3) is 0 Å². The molecule has 0 saturated heterocycles. The molecule has 1 rings (SSSR count). The number of hydrogen-bond donors (Lipinski definition) is 1. The van der Waals surface area contributed by atoms with Crippen LogP contribution in [0.5, 0.6) is 5.75 Å². The molecule has 0 aliphatic carbocycles. The quantitative estimate of drug-likeness (QED) is 0.643. The molecule has 0 radical (unpaired) electrons. The molecule has 0 bridgehead atoms. The SMILES string of the molecule is CCOc1cccc(S)c1. The molecule has 0 aromatic heterocycles. The Labute approximate surface area is 66.4 Å². The van der Waals surface area contributed by atoms with Crippen molar-refractivity contribution in [3.63, 3.8) is 0 Å². The summed E-state index contributed by atoms with van der Waals surface area (Å²) in [5, 5.41) is 0. The first-order valence-corrected chi connectivity index (χ1v) is 3.69. The molecule has 0 unspecified atom stereocenters. The summed E-state index contributed by atoms with van der Waals surface area (Å²) in [5.41, 5.74) is 0. The predicted octanol–water partition coefficient (Wildman–Crippen LogP) is 2.37. The maximum absolute atomic E-state index is 5.24. The van der Waals surface area contributed by atoms with Crippen molar-refractivity contribution in [2.75, 3.05) is 6.61 Å². The fourth-order valence-electron chi connectivity index (χ4n) is 0.740. The normalized spacial score (nSPS) is 9.40. The van der Waals surface area contributed by atoms with E-state index in [-0.39, 0.29) is 0 Å². The van der Waals surface area contributed by atoms with Crippen LogP contribution < -0.4 is 4.74 Å². The van der Waals surface area contributed by atoms with Gasteiger partial charge in [0.05, 0.1) is 6.61 Å². The second-order valence-electron chi connectivity index (χ2n) is 1.93. The van der Waals surface area contributed by atoms with Crippen LogP contribution in [0.3, 0.4) is 0 Å². The Bertz CT molecular complexity index is 210. The fourth-order valence-corrected chi connectivity index (χ4v) is 0.953. The third kappa shape index (κ3) is 1.95. The number of rotatable bonds is 2. The summed E-state index contributed by atoms with van der Waals surface area (Å²) >= 11 is 4.17. The largest absolute Gasteiger partial charge is 0.494 e. The van der Waals surface area contributed by atoms with E-state index in [2.05, 4.69) is 12.6 Å². The summed E-state index contributed by atoms with van der Waals surface area (Å²) in [5.74, 6) is 0.884. The van der Waals surface area contributed by atoms with Crippen molar-refractivity contribution >= 4 is 12.6 Å². The van der Waals surface area contributed by atoms with E-state index in [1.807, 2.05) is 31.2 Å². The van der Waals surface area contributed by atoms with Crippen LogP contribution in [0.2, 0.25) is 0 Å². The second kappa shape index (κ2) is 3.52. The summed E-state index contributed by atoms with van der Waals surface area (Å²) in [6, 6.07) is 7.66. The monoisotopic (exact) mass is 154 g/mol. The Kier molecular flexibility index (Phi) is 2.63. The van der Waals surface area contributed by atoms with Gasteiger partial charge in [-0.3, -0.25) is 0 Å². The Balaban J connectivity index is 2.75. The van der Waals surface area contributed by atoms with Crippen LogP contribution in [0.1, 0.15) is 6.92 Å². The van der Waals surface area contributed by atoms with Crippen LogP contribution in [0.15, 0.2) is 29.2 Å². The zero-order valence-electron chi connectivity index (χ0n) is 5.87. The van der Waals surface area contributed by atoms with Crippen LogP contribution in [-0.4, -0.2) is 6.61 Å². The molecule has 0 fully saturated rings. The highest BCUT2D eigenvalue weighted by Crippen LogP contribution is 2.15. The fraction of sp³-hybridized carbons (Fsp3) is 0.250. The lowest BCUT2D eigenvalue weighted by molar-refractivity contribution is 0.339. The Hall–Kier alpha value is -0.630. The molecule has 1 aromatic rings. The van der Waals surface area contributed by atoms with E-state index in [0.29, 0.717) is 6.61 Å². The molecule has 2 heteroatoms. The minimum Gasteiger partial charge on any atom is -0.494 e. The number of benzene rings is 1. The van der Waals surface area contributed by atoms with Gasteiger partial charge in [-0.2, -0.15) is 0 Å². The van der Waals surface area contributed by atoms with E-state index >= 15 is 0 Å². The zero-order valence-corrected chi connectivity index (χ0v) is 6.77. The van der Waals surface area contributed by atoms with Gasteiger partial charge < -0.3 is 4.74 Å². The molecule has 10 heavy (non-hydrogen) atoms. The molecule has 54 valence electrons. The first kappa shape index (κ1) is 7.48. The first-order chi connectivity index (χ1) is 4.83. The smallest absolute Gasteiger partial charge is 0.120 e. The third-order valence-electron chi connectivity index (χ3n) is 1.13.